The molecule has 2 aromatic rings. The smallest absolute Gasteiger partial charge is 0.242 e. The van der Waals surface area contributed by atoms with Gasteiger partial charge in [0.05, 0.1) is 13.5 Å². The molecule has 0 heterocycles. The molecule has 144 valence electrons. The quantitative estimate of drug-likeness (QED) is 0.787. The molecule has 0 radical (unpaired) electrons. The Balaban J connectivity index is 2.31. The summed E-state index contributed by atoms with van der Waals surface area (Å²) in [4.78, 5) is 26.5. The number of likely N-dealkylation sites (N-methyl/N-ethyl adjacent to an activating group) is 1. The fourth-order valence-electron chi connectivity index (χ4n) is 2.71. The number of nitrogens with one attached hydrogen (secondary N) is 1. The molecule has 1 atom stereocenters. The molecule has 0 aliphatic rings. The van der Waals surface area contributed by atoms with Crippen LogP contribution in [0, 0.1) is 5.82 Å². The minimum atomic E-state index is -0.737. The van der Waals surface area contributed by atoms with E-state index >= 15 is 0 Å². The third-order valence-electron chi connectivity index (χ3n) is 4.29. The van der Waals surface area contributed by atoms with Crippen LogP contribution in [0.5, 0.6) is 5.75 Å². The Morgan fingerprint density at radius 2 is 1.96 bits per heavy atom. The molecule has 0 saturated carbocycles. The second-order valence-electron chi connectivity index (χ2n) is 6.04. The molecule has 0 spiro atoms. The lowest BCUT2D eigenvalue weighted by Crippen LogP contribution is -2.47. The Morgan fingerprint density at radius 3 is 2.59 bits per heavy atom. The number of hydrogen-bond donors (Lipinski definition) is 1. The van der Waals surface area contributed by atoms with Gasteiger partial charge in [0, 0.05) is 24.2 Å². The van der Waals surface area contributed by atoms with Crippen LogP contribution in [-0.2, 0) is 22.6 Å². The minimum Gasteiger partial charge on any atom is -0.497 e. The normalized spacial score (nSPS) is 11.6. The molecule has 0 bridgehead atoms. The Morgan fingerprint density at radius 1 is 1.26 bits per heavy atom. The number of hydrogen-bond acceptors (Lipinski definition) is 3. The van der Waals surface area contributed by atoms with Gasteiger partial charge in [-0.2, -0.15) is 0 Å². The summed E-state index contributed by atoms with van der Waals surface area (Å²) < 4.78 is 19.3. The molecule has 0 saturated heterocycles. The Labute approximate surface area is 163 Å². The maximum Gasteiger partial charge on any atom is 0.242 e. The number of rotatable bonds is 7. The van der Waals surface area contributed by atoms with Crippen molar-refractivity contribution in [2.45, 2.75) is 25.9 Å². The summed E-state index contributed by atoms with van der Waals surface area (Å²) in [6.45, 7) is 1.80. The zero-order valence-corrected chi connectivity index (χ0v) is 16.2. The van der Waals surface area contributed by atoms with E-state index in [1.165, 1.54) is 30.1 Å². The largest absolute Gasteiger partial charge is 0.497 e. The second-order valence-corrected chi connectivity index (χ2v) is 6.45. The lowest BCUT2D eigenvalue weighted by Gasteiger charge is -2.28. The number of halogens is 2. The maximum atomic E-state index is 14.1. The van der Waals surface area contributed by atoms with Crippen LogP contribution in [0.25, 0.3) is 0 Å². The lowest BCUT2D eigenvalue weighted by atomic mass is 10.1. The molecule has 1 N–H and O–H groups in total. The lowest BCUT2D eigenvalue weighted by molar-refractivity contribution is -0.139. The van der Waals surface area contributed by atoms with Crippen molar-refractivity contribution >= 4 is 23.4 Å². The van der Waals surface area contributed by atoms with Crippen LogP contribution in [0.4, 0.5) is 4.39 Å². The first kappa shape index (κ1) is 20.7. The number of ether oxygens (including phenoxy) is 1. The first-order valence-electron chi connectivity index (χ1n) is 8.44. The van der Waals surface area contributed by atoms with Crippen LogP contribution in [0.3, 0.4) is 0 Å². The van der Waals surface area contributed by atoms with Gasteiger partial charge in [-0.15, -0.1) is 0 Å². The Kier molecular flexibility index (Phi) is 7.19. The van der Waals surface area contributed by atoms with Gasteiger partial charge < -0.3 is 15.0 Å². The van der Waals surface area contributed by atoms with Crippen LogP contribution >= 0.6 is 11.6 Å². The highest BCUT2D eigenvalue weighted by molar-refractivity contribution is 6.31. The van der Waals surface area contributed by atoms with E-state index in [4.69, 9.17) is 16.3 Å². The van der Waals surface area contributed by atoms with Crippen molar-refractivity contribution in [3.63, 3.8) is 0 Å². The molecule has 27 heavy (non-hydrogen) atoms. The first-order valence-corrected chi connectivity index (χ1v) is 8.82. The summed E-state index contributed by atoms with van der Waals surface area (Å²) in [5.41, 5.74) is 0.905. The molecule has 2 rings (SSSR count). The fraction of sp³-hybridized carbons (Fsp3) is 0.300. The van der Waals surface area contributed by atoms with Gasteiger partial charge in [0.1, 0.15) is 17.6 Å². The van der Waals surface area contributed by atoms with Gasteiger partial charge in [-0.1, -0.05) is 29.8 Å². The molecule has 0 fully saturated rings. The van der Waals surface area contributed by atoms with Crippen LogP contribution in [0.15, 0.2) is 42.5 Å². The molecule has 5 nitrogen and oxygen atoms in total. The standard InChI is InChI=1S/C20H22ClFN2O3/c1-13(20(26)23-2)24(12-14-6-4-7-15(10-14)27-3)19(25)11-16-17(21)8-5-9-18(16)22/h4-10,13H,11-12H2,1-3H3,(H,23,26)/t13-/m0/s1. The van der Waals surface area contributed by atoms with Crippen molar-refractivity contribution in [2.75, 3.05) is 14.2 Å². The van der Waals surface area contributed by atoms with Gasteiger partial charge in [0.25, 0.3) is 0 Å². The van der Waals surface area contributed by atoms with Gasteiger partial charge >= 0.3 is 0 Å². The van der Waals surface area contributed by atoms with E-state index in [-0.39, 0.29) is 29.5 Å². The predicted octanol–water partition coefficient (Wildman–Crippen LogP) is 3.19. The third kappa shape index (κ3) is 5.20. The average molecular weight is 393 g/mol. The summed E-state index contributed by atoms with van der Waals surface area (Å²) in [5, 5.41) is 2.72. The van der Waals surface area contributed by atoms with Gasteiger partial charge in [0.2, 0.25) is 11.8 Å². The minimum absolute atomic E-state index is 0.115. The monoisotopic (exact) mass is 392 g/mol. The Bertz CT molecular complexity index is 808. The van der Waals surface area contributed by atoms with Crippen molar-refractivity contribution in [1.29, 1.82) is 0 Å². The van der Waals surface area contributed by atoms with E-state index < -0.39 is 17.8 Å². The van der Waals surface area contributed by atoms with E-state index in [2.05, 4.69) is 5.32 Å². The molecule has 0 aromatic heterocycles. The fourth-order valence-corrected chi connectivity index (χ4v) is 2.94. The zero-order valence-electron chi connectivity index (χ0n) is 15.5. The molecule has 2 amide bonds. The molecular formula is C20H22ClFN2O3. The highest BCUT2D eigenvalue weighted by Gasteiger charge is 2.26. The number of benzene rings is 2. The first-order chi connectivity index (χ1) is 12.9. The number of carbonyl (C=O) groups is 2. The molecule has 0 aliphatic carbocycles. The second kappa shape index (κ2) is 9.37. The molecule has 0 aliphatic heterocycles. The van der Waals surface area contributed by atoms with Crippen LogP contribution in [-0.4, -0.2) is 36.9 Å². The maximum absolute atomic E-state index is 14.1. The topological polar surface area (TPSA) is 58.6 Å². The number of amides is 2. The number of methoxy groups -OCH3 is 1. The zero-order chi connectivity index (χ0) is 20.0. The summed E-state index contributed by atoms with van der Waals surface area (Å²) in [5.74, 6) is -0.624. The van der Waals surface area contributed by atoms with Gasteiger partial charge in [-0.25, -0.2) is 4.39 Å². The van der Waals surface area contributed by atoms with E-state index in [0.717, 1.165) is 5.56 Å². The summed E-state index contributed by atoms with van der Waals surface area (Å²) in [6.07, 6.45) is -0.239. The summed E-state index contributed by atoms with van der Waals surface area (Å²) >= 11 is 6.04. The van der Waals surface area contributed by atoms with E-state index in [0.29, 0.717) is 5.75 Å². The van der Waals surface area contributed by atoms with Crippen molar-refractivity contribution < 1.29 is 18.7 Å². The summed E-state index contributed by atoms with van der Waals surface area (Å²) in [6, 6.07) is 10.7. The molecule has 0 unspecified atom stereocenters. The van der Waals surface area contributed by atoms with Crippen LogP contribution in [0.1, 0.15) is 18.1 Å². The number of carbonyl (C=O) groups excluding carboxylic acids is 2. The molecule has 7 heteroatoms. The SMILES string of the molecule is CNC(=O)[C@H](C)N(Cc1cccc(OC)c1)C(=O)Cc1c(F)cccc1Cl. The van der Waals surface area contributed by atoms with Crippen molar-refractivity contribution in [2.24, 2.45) is 0 Å². The van der Waals surface area contributed by atoms with Gasteiger partial charge in [0.15, 0.2) is 0 Å². The van der Waals surface area contributed by atoms with Crippen molar-refractivity contribution in [3.05, 3.63) is 64.4 Å². The van der Waals surface area contributed by atoms with Crippen molar-refractivity contribution in [3.8, 4) is 5.75 Å². The van der Waals surface area contributed by atoms with E-state index in [1.807, 2.05) is 6.07 Å². The van der Waals surface area contributed by atoms with E-state index in [1.54, 1.807) is 32.2 Å². The van der Waals surface area contributed by atoms with Gasteiger partial charge in [-0.3, -0.25) is 9.59 Å². The highest BCUT2D eigenvalue weighted by atomic mass is 35.5. The number of nitrogens with zero attached hydrogens (tertiary/aromatic N) is 1. The third-order valence-corrected chi connectivity index (χ3v) is 4.64. The van der Waals surface area contributed by atoms with Crippen LogP contribution < -0.4 is 10.1 Å². The molecule has 2 aromatic carbocycles. The van der Waals surface area contributed by atoms with E-state index in [9.17, 15) is 14.0 Å². The molecular weight excluding hydrogens is 371 g/mol. The summed E-state index contributed by atoms with van der Waals surface area (Å²) in [7, 11) is 3.05. The van der Waals surface area contributed by atoms with Gasteiger partial charge in [-0.05, 0) is 36.8 Å². The van der Waals surface area contributed by atoms with Crippen LogP contribution in [0.2, 0.25) is 5.02 Å². The van der Waals surface area contributed by atoms with Crippen molar-refractivity contribution in [1.82, 2.24) is 10.2 Å². The predicted molar refractivity (Wildman–Crippen MR) is 102 cm³/mol. The Hall–Kier alpha value is -2.60. The average Bonchev–Trinajstić information content (AvgIpc) is 2.67. The highest BCUT2D eigenvalue weighted by Crippen LogP contribution is 2.22.